The lowest BCUT2D eigenvalue weighted by Gasteiger charge is -2.32. The molecule has 0 aliphatic carbocycles. The molecule has 0 fully saturated rings. The number of nitrogens with one attached hydrogen (secondary N) is 1. The summed E-state index contributed by atoms with van der Waals surface area (Å²) in [6.45, 7) is 8.33. The van der Waals surface area contributed by atoms with Crippen LogP contribution in [0.3, 0.4) is 0 Å². The predicted octanol–water partition coefficient (Wildman–Crippen LogP) is 5.75. The Hall–Kier alpha value is -3.80. The Morgan fingerprint density at radius 2 is 1.55 bits per heavy atom. The van der Waals surface area contributed by atoms with Crippen molar-refractivity contribution in [1.29, 1.82) is 0 Å². The maximum Gasteiger partial charge on any atom is 0.261 e. The molecule has 0 aromatic heterocycles. The summed E-state index contributed by atoms with van der Waals surface area (Å²) in [5.41, 5.74) is 3.05. The summed E-state index contributed by atoms with van der Waals surface area (Å²) < 4.78 is 11.3. The Kier molecular flexibility index (Phi) is 10.8. The second kappa shape index (κ2) is 14.2. The number of benzene rings is 3. The van der Waals surface area contributed by atoms with Gasteiger partial charge in [0.05, 0.1) is 7.11 Å². The molecule has 38 heavy (non-hydrogen) atoms. The normalized spacial score (nSPS) is 12.5. The van der Waals surface area contributed by atoms with Crippen LogP contribution in [0.25, 0.3) is 0 Å². The van der Waals surface area contributed by atoms with Crippen LogP contribution < -0.4 is 14.8 Å². The van der Waals surface area contributed by atoms with Gasteiger partial charge in [-0.1, -0.05) is 75.4 Å². The van der Waals surface area contributed by atoms with Crippen LogP contribution in [-0.2, 0) is 22.6 Å². The summed E-state index contributed by atoms with van der Waals surface area (Å²) in [6, 6.07) is 24.4. The number of rotatable bonds is 13. The molecule has 0 radical (unpaired) electrons. The molecule has 0 aliphatic heterocycles. The molecule has 0 saturated carbocycles. The maximum absolute atomic E-state index is 13.7. The minimum absolute atomic E-state index is 0.00901. The van der Waals surface area contributed by atoms with Crippen LogP contribution in [0, 0.1) is 0 Å². The molecule has 202 valence electrons. The van der Waals surface area contributed by atoms with Crippen molar-refractivity contribution in [2.24, 2.45) is 0 Å². The van der Waals surface area contributed by atoms with Gasteiger partial charge in [0.25, 0.3) is 5.91 Å². The summed E-state index contributed by atoms with van der Waals surface area (Å²) >= 11 is 0. The van der Waals surface area contributed by atoms with E-state index in [0.29, 0.717) is 23.8 Å². The monoisotopic (exact) mass is 516 g/mol. The topological polar surface area (TPSA) is 67.9 Å². The number of carbonyl (C=O) groups excluding carboxylic acids is 2. The first-order valence-corrected chi connectivity index (χ1v) is 13.3. The van der Waals surface area contributed by atoms with Crippen molar-refractivity contribution in [2.45, 2.75) is 65.1 Å². The van der Waals surface area contributed by atoms with Crippen molar-refractivity contribution in [1.82, 2.24) is 10.2 Å². The number of carbonyl (C=O) groups is 2. The molecule has 2 unspecified atom stereocenters. The van der Waals surface area contributed by atoms with Crippen LogP contribution in [0.15, 0.2) is 78.9 Å². The van der Waals surface area contributed by atoms with Crippen LogP contribution in [-0.4, -0.2) is 42.5 Å². The molecule has 0 spiro atoms. The zero-order chi connectivity index (χ0) is 27.5. The summed E-state index contributed by atoms with van der Waals surface area (Å²) in [4.78, 5) is 28.9. The van der Waals surface area contributed by atoms with Gasteiger partial charge >= 0.3 is 0 Å². The minimum atomic E-state index is -0.711. The molecule has 0 bridgehead atoms. The van der Waals surface area contributed by atoms with E-state index < -0.39 is 6.04 Å². The fraction of sp³-hybridized carbons (Fsp3) is 0.375. The molecular weight excluding hydrogens is 476 g/mol. The third-order valence-electron chi connectivity index (χ3n) is 6.67. The van der Waals surface area contributed by atoms with Crippen LogP contribution in [0.1, 0.15) is 56.7 Å². The van der Waals surface area contributed by atoms with Crippen molar-refractivity contribution in [3.05, 3.63) is 95.6 Å². The Morgan fingerprint density at radius 1 is 0.868 bits per heavy atom. The van der Waals surface area contributed by atoms with Crippen molar-refractivity contribution >= 4 is 11.8 Å². The van der Waals surface area contributed by atoms with E-state index in [0.717, 1.165) is 17.5 Å². The van der Waals surface area contributed by atoms with Crippen LogP contribution in [0.5, 0.6) is 11.5 Å². The molecule has 6 heteroatoms. The molecule has 0 aliphatic rings. The van der Waals surface area contributed by atoms with E-state index >= 15 is 0 Å². The largest absolute Gasteiger partial charge is 0.497 e. The van der Waals surface area contributed by atoms with Gasteiger partial charge in [0.15, 0.2) is 6.61 Å². The molecule has 3 aromatic rings. The van der Waals surface area contributed by atoms with E-state index in [4.69, 9.17) is 9.47 Å². The molecule has 6 nitrogen and oxygen atoms in total. The van der Waals surface area contributed by atoms with E-state index in [-0.39, 0.29) is 31.0 Å². The Balaban J connectivity index is 1.90. The highest BCUT2D eigenvalue weighted by Gasteiger charge is 2.31. The molecule has 3 aromatic carbocycles. The average Bonchev–Trinajstić information content (AvgIpc) is 2.94. The maximum atomic E-state index is 13.7. The quantitative estimate of drug-likeness (QED) is 0.314. The fourth-order valence-electron chi connectivity index (χ4n) is 4.14. The van der Waals surface area contributed by atoms with E-state index in [2.05, 4.69) is 19.2 Å². The number of hydrogen-bond donors (Lipinski definition) is 1. The average molecular weight is 517 g/mol. The Bertz CT molecular complexity index is 1160. The van der Waals surface area contributed by atoms with E-state index in [1.165, 1.54) is 5.56 Å². The highest BCUT2D eigenvalue weighted by molar-refractivity contribution is 5.88. The zero-order valence-corrected chi connectivity index (χ0v) is 23.1. The number of nitrogens with zero attached hydrogens (tertiary/aromatic N) is 1. The van der Waals surface area contributed by atoms with E-state index in [1.807, 2.05) is 92.7 Å². The number of ether oxygens (including phenoxy) is 2. The fourth-order valence-corrected chi connectivity index (χ4v) is 4.14. The zero-order valence-electron chi connectivity index (χ0n) is 23.1. The van der Waals surface area contributed by atoms with Gasteiger partial charge in [-0.15, -0.1) is 0 Å². The van der Waals surface area contributed by atoms with Gasteiger partial charge in [-0.05, 0) is 60.2 Å². The smallest absolute Gasteiger partial charge is 0.261 e. The SMILES string of the molecule is CCC(C)NC(=O)C(Cc1ccccc1)N(Cc1cccc(OC)c1)C(=O)COc1ccc(C(C)C)cc1. The summed E-state index contributed by atoms with van der Waals surface area (Å²) in [5, 5.41) is 3.09. The molecule has 2 atom stereocenters. The van der Waals surface area contributed by atoms with E-state index in [9.17, 15) is 9.59 Å². The van der Waals surface area contributed by atoms with Gasteiger partial charge in [0.1, 0.15) is 17.5 Å². The number of methoxy groups -OCH3 is 1. The lowest BCUT2D eigenvalue weighted by Crippen LogP contribution is -2.53. The second-order valence-corrected chi connectivity index (χ2v) is 9.91. The minimum Gasteiger partial charge on any atom is -0.497 e. The number of amides is 2. The van der Waals surface area contributed by atoms with Gasteiger partial charge in [0.2, 0.25) is 5.91 Å². The molecule has 0 heterocycles. The summed E-state index contributed by atoms with van der Waals surface area (Å²) in [6.07, 6.45) is 1.19. The lowest BCUT2D eigenvalue weighted by atomic mass is 10.0. The van der Waals surface area contributed by atoms with Gasteiger partial charge in [-0.25, -0.2) is 0 Å². The van der Waals surface area contributed by atoms with Gasteiger partial charge < -0.3 is 19.7 Å². The predicted molar refractivity (Wildman–Crippen MR) is 151 cm³/mol. The first kappa shape index (κ1) is 28.8. The van der Waals surface area contributed by atoms with Crippen molar-refractivity contribution in [2.75, 3.05) is 13.7 Å². The van der Waals surface area contributed by atoms with Crippen LogP contribution in [0.2, 0.25) is 0 Å². The van der Waals surface area contributed by atoms with Crippen molar-refractivity contribution < 1.29 is 19.1 Å². The van der Waals surface area contributed by atoms with Crippen molar-refractivity contribution in [3.63, 3.8) is 0 Å². The van der Waals surface area contributed by atoms with Crippen molar-refractivity contribution in [3.8, 4) is 11.5 Å². The van der Waals surface area contributed by atoms with Gasteiger partial charge in [-0.2, -0.15) is 0 Å². The molecule has 0 saturated heterocycles. The highest BCUT2D eigenvalue weighted by Crippen LogP contribution is 2.21. The molecule has 2 amide bonds. The summed E-state index contributed by atoms with van der Waals surface area (Å²) in [5.74, 6) is 1.28. The van der Waals surface area contributed by atoms with E-state index in [1.54, 1.807) is 12.0 Å². The summed E-state index contributed by atoms with van der Waals surface area (Å²) in [7, 11) is 1.61. The standard InChI is InChI=1S/C32H40N2O4/c1-6-24(4)33-32(36)30(20-25-11-8-7-9-12-25)34(21-26-13-10-14-29(19-26)37-5)31(35)22-38-28-17-15-27(16-18-28)23(2)3/h7-19,23-24,30H,6,20-22H2,1-5H3,(H,33,36). The van der Waals surface area contributed by atoms with Crippen LogP contribution >= 0.6 is 0 Å². The second-order valence-electron chi connectivity index (χ2n) is 9.91. The highest BCUT2D eigenvalue weighted by atomic mass is 16.5. The van der Waals surface area contributed by atoms with Crippen LogP contribution in [0.4, 0.5) is 0 Å². The third-order valence-corrected chi connectivity index (χ3v) is 6.67. The third kappa shape index (κ3) is 8.37. The Morgan fingerprint density at radius 3 is 2.18 bits per heavy atom. The molecule has 1 N–H and O–H groups in total. The molecular formula is C32H40N2O4. The number of hydrogen-bond acceptors (Lipinski definition) is 4. The van der Waals surface area contributed by atoms with Gasteiger partial charge in [0, 0.05) is 19.0 Å². The first-order valence-electron chi connectivity index (χ1n) is 13.3. The van der Waals surface area contributed by atoms with Gasteiger partial charge in [-0.3, -0.25) is 9.59 Å². The Labute approximate surface area is 227 Å². The molecule has 3 rings (SSSR count). The lowest BCUT2D eigenvalue weighted by molar-refractivity contribution is -0.143. The first-order chi connectivity index (χ1) is 18.3.